The van der Waals surface area contributed by atoms with Crippen molar-refractivity contribution in [2.45, 2.75) is 32.4 Å². The topological polar surface area (TPSA) is 69.6 Å². The second-order valence-corrected chi connectivity index (χ2v) is 7.02. The first-order valence-electron chi connectivity index (χ1n) is 6.27. The Bertz CT molecular complexity index is 319. The first kappa shape index (κ1) is 14.9. The van der Waals surface area contributed by atoms with Crippen LogP contribution in [0.15, 0.2) is 0 Å². The Morgan fingerprint density at radius 3 is 2.76 bits per heavy atom. The highest BCUT2D eigenvalue weighted by atomic mass is 32.2. The van der Waals surface area contributed by atoms with Crippen molar-refractivity contribution in [3.8, 4) is 0 Å². The van der Waals surface area contributed by atoms with Crippen LogP contribution in [-0.2, 0) is 9.84 Å². The van der Waals surface area contributed by atoms with Crippen molar-refractivity contribution in [3.05, 3.63) is 0 Å². The summed E-state index contributed by atoms with van der Waals surface area (Å²) in [5.41, 5.74) is 0. The summed E-state index contributed by atoms with van der Waals surface area (Å²) in [7, 11) is -2.85. The van der Waals surface area contributed by atoms with Gasteiger partial charge in [-0.3, -0.25) is 4.90 Å². The molecule has 0 amide bonds. The van der Waals surface area contributed by atoms with Crippen LogP contribution < -0.4 is 5.32 Å². The van der Waals surface area contributed by atoms with Gasteiger partial charge in [0, 0.05) is 25.2 Å². The normalized spacial score (nSPS) is 26.9. The van der Waals surface area contributed by atoms with E-state index >= 15 is 0 Å². The van der Waals surface area contributed by atoms with Gasteiger partial charge in [-0.05, 0) is 19.9 Å². The van der Waals surface area contributed by atoms with E-state index in [1.807, 2.05) is 6.92 Å². The fourth-order valence-electron chi connectivity index (χ4n) is 2.12. The van der Waals surface area contributed by atoms with Crippen LogP contribution in [0.3, 0.4) is 0 Å². The van der Waals surface area contributed by atoms with Crippen LogP contribution >= 0.6 is 0 Å². The summed E-state index contributed by atoms with van der Waals surface area (Å²) in [4.78, 5) is 2.14. The van der Waals surface area contributed by atoms with E-state index in [1.54, 1.807) is 0 Å². The fraction of sp³-hybridized carbons (Fsp3) is 1.00. The minimum absolute atomic E-state index is 0.0400. The van der Waals surface area contributed by atoms with E-state index in [1.165, 1.54) is 0 Å². The Labute approximate surface area is 104 Å². The molecule has 0 bridgehead atoms. The lowest BCUT2D eigenvalue weighted by Gasteiger charge is -2.35. The molecule has 0 aromatic heterocycles. The zero-order valence-electron chi connectivity index (χ0n) is 10.7. The van der Waals surface area contributed by atoms with Gasteiger partial charge in [0.05, 0.1) is 18.1 Å². The van der Waals surface area contributed by atoms with E-state index in [0.717, 1.165) is 13.0 Å². The molecule has 0 saturated carbocycles. The molecular formula is C11H24N2O3S. The zero-order chi connectivity index (χ0) is 12.9. The third kappa shape index (κ3) is 4.91. The highest BCUT2D eigenvalue weighted by Gasteiger charge is 2.29. The molecule has 0 radical (unpaired) electrons. The van der Waals surface area contributed by atoms with Crippen molar-refractivity contribution < 1.29 is 13.5 Å². The molecule has 1 aliphatic heterocycles. The minimum atomic E-state index is -2.85. The molecule has 1 saturated heterocycles. The number of aliphatic hydroxyl groups is 1. The Morgan fingerprint density at radius 2 is 2.24 bits per heavy atom. The molecule has 17 heavy (non-hydrogen) atoms. The summed E-state index contributed by atoms with van der Waals surface area (Å²) in [6.45, 7) is 6.28. The molecule has 0 spiro atoms. The largest absolute Gasteiger partial charge is 0.395 e. The van der Waals surface area contributed by atoms with Gasteiger partial charge in [0.2, 0.25) is 0 Å². The van der Waals surface area contributed by atoms with Crippen LogP contribution in [0.25, 0.3) is 0 Å². The van der Waals surface area contributed by atoms with Crippen molar-refractivity contribution >= 4 is 9.84 Å². The van der Waals surface area contributed by atoms with Crippen LogP contribution in [0.2, 0.25) is 0 Å². The number of hydrogen-bond donors (Lipinski definition) is 2. The highest BCUT2D eigenvalue weighted by Crippen LogP contribution is 2.11. The number of sulfone groups is 1. The van der Waals surface area contributed by atoms with E-state index in [0.29, 0.717) is 13.1 Å². The molecule has 2 atom stereocenters. The maximum Gasteiger partial charge on any atom is 0.153 e. The summed E-state index contributed by atoms with van der Waals surface area (Å²) >= 11 is 0. The van der Waals surface area contributed by atoms with Gasteiger partial charge in [0.1, 0.15) is 0 Å². The van der Waals surface area contributed by atoms with Gasteiger partial charge in [-0.1, -0.05) is 6.92 Å². The predicted octanol–water partition coefficient (Wildman–Crippen LogP) is -0.534. The van der Waals surface area contributed by atoms with Crippen molar-refractivity contribution in [3.63, 3.8) is 0 Å². The molecular weight excluding hydrogens is 240 g/mol. The molecule has 102 valence electrons. The average molecular weight is 264 g/mol. The van der Waals surface area contributed by atoms with Gasteiger partial charge in [0.25, 0.3) is 0 Å². The maximum atomic E-state index is 11.4. The molecule has 1 rings (SSSR count). The lowest BCUT2D eigenvalue weighted by molar-refractivity contribution is 0.160. The molecule has 2 N–H and O–H groups in total. The predicted molar refractivity (Wildman–Crippen MR) is 68.9 cm³/mol. The molecule has 0 aromatic rings. The van der Waals surface area contributed by atoms with E-state index in [-0.39, 0.29) is 30.2 Å². The molecule has 2 unspecified atom stereocenters. The first-order valence-corrected chi connectivity index (χ1v) is 8.09. The van der Waals surface area contributed by atoms with Crippen molar-refractivity contribution in [2.75, 3.05) is 37.7 Å². The van der Waals surface area contributed by atoms with E-state index < -0.39 is 9.84 Å². The number of rotatable bonds is 6. The van der Waals surface area contributed by atoms with Crippen LogP contribution in [0.4, 0.5) is 0 Å². The summed E-state index contributed by atoms with van der Waals surface area (Å²) in [5, 5.41) is 12.5. The summed E-state index contributed by atoms with van der Waals surface area (Å²) in [6.07, 6.45) is 1.03. The van der Waals surface area contributed by atoms with Gasteiger partial charge >= 0.3 is 0 Å². The van der Waals surface area contributed by atoms with E-state index in [9.17, 15) is 13.5 Å². The maximum absolute atomic E-state index is 11.4. The summed E-state index contributed by atoms with van der Waals surface area (Å²) in [5.74, 6) is 0.474. The Balaban J connectivity index is 2.45. The standard InChI is InChI=1S/C11H24N2O3S/c1-3-4-12-11(8-14)7-13-5-6-17(15,16)9-10(13)2/h10-12,14H,3-9H2,1-2H3. The first-order chi connectivity index (χ1) is 7.98. The van der Waals surface area contributed by atoms with Crippen molar-refractivity contribution in [2.24, 2.45) is 0 Å². The highest BCUT2D eigenvalue weighted by molar-refractivity contribution is 7.91. The summed E-state index contributed by atoms with van der Waals surface area (Å²) in [6, 6.07) is 0.0874. The Kier molecular flexibility index (Phi) is 5.85. The third-order valence-corrected chi connectivity index (χ3v) is 4.96. The van der Waals surface area contributed by atoms with Crippen molar-refractivity contribution in [1.82, 2.24) is 10.2 Å². The lowest BCUT2D eigenvalue weighted by Crippen LogP contribution is -2.52. The van der Waals surface area contributed by atoms with Gasteiger partial charge in [-0.15, -0.1) is 0 Å². The van der Waals surface area contributed by atoms with Gasteiger partial charge in [-0.25, -0.2) is 8.42 Å². The third-order valence-electron chi connectivity index (χ3n) is 3.17. The SMILES string of the molecule is CCCNC(CO)CN1CCS(=O)(=O)CC1C. The van der Waals surface area contributed by atoms with Gasteiger partial charge < -0.3 is 10.4 Å². The minimum Gasteiger partial charge on any atom is -0.395 e. The molecule has 5 nitrogen and oxygen atoms in total. The van der Waals surface area contributed by atoms with Crippen molar-refractivity contribution in [1.29, 1.82) is 0 Å². The van der Waals surface area contributed by atoms with Crippen LogP contribution in [0.1, 0.15) is 20.3 Å². The zero-order valence-corrected chi connectivity index (χ0v) is 11.5. The molecule has 1 heterocycles. The number of nitrogens with zero attached hydrogens (tertiary/aromatic N) is 1. The molecule has 6 heteroatoms. The summed E-state index contributed by atoms with van der Waals surface area (Å²) < 4.78 is 22.9. The second kappa shape index (κ2) is 6.68. The van der Waals surface area contributed by atoms with Gasteiger partial charge in [-0.2, -0.15) is 0 Å². The molecule has 0 aliphatic carbocycles. The molecule has 0 aromatic carbocycles. The molecule has 1 aliphatic rings. The van der Waals surface area contributed by atoms with Crippen LogP contribution in [-0.4, -0.2) is 68.3 Å². The fourth-order valence-corrected chi connectivity index (χ4v) is 3.75. The number of hydrogen-bond acceptors (Lipinski definition) is 5. The van der Waals surface area contributed by atoms with Crippen LogP contribution in [0.5, 0.6) is 0 Å². The lowest BCUT2D eigenvalue weighted by atomic mass is 10.2. The quantitative estimate of drug-likeness (QED) is 0.675. The number of aliphatic hydroxyl groups excluding tert-OH is 1. The smallest absolute Gasteiger partial charge is 0.153 e. The monoisotopic (exact) mass is 264 g/mol. The Hall–Kier alpha value is -0.170. The Morgan fingerprint density at radius 1 is 1.53 bits per heavy atom. The number of nitrogens with one attached hydrogen (secondary N) is 1. The van der Waals surface area contributed by atoms with Gasteiger partial charge in [0.15, 0.2) is 9.84 Å². The van der Waals surface area contributed by atoms with Crippen LogP contribution in [0, 0.1) is 0 Å². The second-order valence-electron chi connectivity index (χ2n) is 4.79. The molecule has 1 fully saturated rings. The average Bonchev–Trinajstić information content (AvgIpc) is 2.26. The van der Waals surface area contributed by atoms with E-state index in [2.05, 4.69) is 17.1 Å². The van der Waals surface area contributed by atoms with E-state index in [4.69, 9.17) is 0 Å².